The number of rotatable bonds is 4. The largest absolute Gasteiger partial charge is 0.468 e. The lowest BCUT2D eigenvalue weighted by atomic mass is 10.3. The Kier molecular flexibility index (Phi) is 4.42. The summed E-state index contributed by atoms with van der Waals surface area (Å²) in [7, 11) is -0.935. The second-order valence-electron chi connectivity index (χ2n) is 4.73. The molecule has 1 saturated heterocycles. The molecule has 0 bridgehead atoms. The average Bonchev–Trinajstić information content (AvgIpc) is 2.66. The van der Waals surface area contributed by atoms with Crippen LogP contribution in [0, 0.1) is 0 Å². The third kappa shape index (κ3) is 3.83. The molecule has 1 aromatic rings. The van der Waals surface area contributed by atoms with Crippen LogP contribution in [0.15, 0.2) is 16.7 Å². The highest BCUT2D eigenvalue weighted by Gasteiger charge is 2.19. The van der Waals surface area contributed by atoms with Crippen LogP contribution in [-0.4, -0.2) is 45.0 Å². The third-order valence-corrected chi connectivity index (χ3v) is 4.83. The SMILES string of the molecule is CNCc1coc(CN2CCCS(=O)(=O)CC2)c1. The van der Waals surface area contributed by atoms with Crippen LogP contribution in [0.1, 0.15) is 17.7 Å². The maximum atomic E-state index is 11.5. The standard InChI is InChI=1S/C12H20N2O3S/c1-13-8-11-7-12(17-10-11)9-14-3-2-5-18(15,16)6-4-14/h7,10,13H,2-6,8-9H2,1H3. The summed E-state index contributed by atoms with van der Waals surface area (Å²) in [5.41, 5.74) is 1.12. The van der Waals surface area contributed by atoms with Gasteiger partial charge in [-0.1, -0.05) is 0 Å². The first-order chi connectivity index (χ1) is 8.59. The minimum atomic E-state index is -2.83. The summed E-state index contributed by atoms with van der Waals surface area (Å²) in [4.78, 5) is 2.15. The molecule has 0 unspecified atom stereocenters. The highest BCUT2D eigenvalue weighted by Crippen LogP contribution is 2.13. The molecule has 0 aliphatic carbocycles. The first-order valence-electron chi connectivity index (χ1n) is 6.23. The van der Waals surface area contributed by atoms with Gasteiger partial charge in [-0.15, -0.1) is 0 Å². The van der Waals surface area contributed by atoms with Gasteiger partial charge < -0.3 is 9.73 Å². The molecule has 0 aromatic carbocycles. The van der Waals surface area contributed by atoms with Crippen molar-refractivity contribution in [2.24, 2.45) is 0 Å². The molecule has 1 fully saturated rings. The molecule has 1 aliphatic rings. The molecule has 1 aliphatic heterocycles. The molecule has 102 valence electrons. The lowest BCUT2D eigenvalue weighted by Gasteiger charge is -2.17. The zero-order valence-electron chi connectivity index (χ0n) is 10.7. The van der Waals surface area contributed by atoms with Crippen LogP contribution in [0.5, 0.6) is 0 Å². The van der Waals surface area contributed by atoms with E-state index in [1.807, 2.05) is 13.1 Å². The summed E-state index contributed by atoms with van der Waals surface area (Å²) >= 11 is 0. The topological polar surface area (TPSA) is 62.6 Å². The summed E-state index contributed by atoms with van der Waals surface area (Å²) in [5, 5.41) is 3.07. The molecular formula is C12H20N2O3S. The molecule has 0 atom stereocenters. The minimum absolute atomic E-state index is 0.261. The van der Waals surface area contributed by atoms with Gasteiger partial charge in [0.05, 0.1) is 24.3 Å². The monoisotopic (exact) mass is 272 g/mol. The Balaban J connectivity index is 1.92. The van der Waals surface area contributed by atoms with E-state index >= 15 is 0 Å². The van der Waals surface area contributed by atoms with Crippen LogP contribution < -0.4 is 5.32 Å². The van der Waals surface area contributed by atoms with E-state index in [0.717, 1.165) is 24.4 Å². The zero-order chi connectivity index (χ0) is 13.0. The van der Waals surface area contributed by atoms with Crippen molar-refractivity contribution in [3.63, 3.8) is 0 Å². The van der Waals surface area contributed by atoms with Crippen molar-refractivity contribution in [3.8, 4) is 0 Å². The number of hydrogen-bond donors (Lipinski definition) is 1. The molecular weight excluding hydrogens is 252 g/mol. The van der Waals surface area contributed by atoms with E-state index < -0.39 is 9.84 Å². The Morgan fingerprint density at radius 3 is 3.00 bits per heavy atom. The van der Waals surface area contributed by atoms with E-state index in [1.165, 1.54) is 0 Å². The first kappa shape index (κ1) is 13.6. The number of nitrogens with one attached hydrogen (secondary N) is 1. The Bertz CT molecular complexity index is 481. The Hall–Kier alpha value is -0.850. The molecule has 0 spiro atoms. The van der Waals surface area contributed by atoms with Gasteiger partial charge in [-0.3, -0.25) is 4.90 Å². The van der Waals surface area contributed by atoms with Gasteiger partial charge in [-0.25, -0.2) is 8.42 Å². The Morgan fingerprint density at radius 1 is 1.39 bits per heavy atom. The number of hydrogen-bond acceptors (Lipinski definition) is 5. The van der Waals surface area contributed by atoms with E-state index in [9.17, 15) is 8.42 Å². The second kappa shape index (κ2) is 5.86. The third-order valence-electron chi connectivity index (χ3n) is 3.12. The fourth-order valence-corrected chi connectivity index (χ4v) is 3.48. The van der Waals surface area contributed by atoms with Crippen molar-refractivity contribution in [1.29, 1.82) is 0 Å². The predicted molar refractivity (Wildman–Crippen MR) is 70.0 cm³/mol. The molecule has 18 heavy (non-hydrogen) atoms. The van der Waals surface area contributed by atoms with Gasteiger partial charge in [0.25, 0.3) is 0 Å². The minimum Gasteiger partial charge on any atom is -0.468 e. The number of sulfone groups is 1. The van der Waals surface area contributed by atoms with Gasteiger partial charge in [0, 0.05) is 18.7 Å². The van der Waals surface area contributed by atoms with Crippen molar-refractivity contribution in [2.75, 3.05) is 31.6 Å². The van der Waals surface area contributed by atoms with Crippen molar-refractivity contribution >= 4 is 9.84 Å². The van der Waals surface area contributed by atoms with Crippen LogP contribution in [0.3, 0.4) is 0 Å². The van der Waals surface area contributed by atoms with E-state index in [4.69, 9.17) is 4.42 Å². The highest BCUT2D eigenvalue weighted by atomic mass is 32.2. The van der Waals surface area contributed by atoms with E-state index in [1.54, 1.807) is 6.26 Å². The smallest absolute Gasteiger partial charge is 0.151 e. The van der Waals surface area contributed by atoms with Crippen LogP contribution in [-0.2, 0) is 22.9 Å². The van der Waals surface area contributed by atoms with Gasteiger partial charge in [0.2, 0.25) is 0 Å². The van der Waals surface area contributed by atoms with Crippen LogP contribution in [0.25, 0.3) is 0 Å². The first-order valence-corrected chi connectivity index (χ1v) is 8.05. The van der Waals surface area contributed by atoms with E-state index in [2.05, 4.69) is 10.2 Å². The quantitative estimate of drug-likeness (QED) is 0.870. The zero-order valence-corrected chi connectivity index (χ0v) is 11.5. The van der Waals surface area contributed by atoms with Gasteiger partial charge in [0.1, 0.15) is 5.76 Å². The molecule has 0 amide bonds. The molecule has 0 saturated carbocycles. The van der Waals surface area contributed by atoms with Crippen molar-refractivity contribution in [3.05, 3.63) is 23.7 Å². The lowest BCUT2D eigenvalue weighted by Crippen LogP contribution is -2.26. The fraction of sp³-hybridized carbons (Fsp3) is 0.667. The van der Waals surface area contributed by atoms with Crippen molar-refractivity contribution in [2.45, 2.75) is 19.5 Å². The van der Waals surface area contributed by atoms with E-state index in [0.29, 0.717) is 25.3 Å². The number of nitrogens with zero attached hydrogens (tertiary/aromatic N) is 1. The van der Waals surface area contributed by atoms with Crippen LogP contribution in [0.4, 0.5) is 0 Å². The molecule has 5 nitrogen and oxygen atoms in total. The van der Waals surface area contributed by atoms with Crippen LogP contribution >= 0.6 is 0 Å². The van der Waals surface area contributed by atoms with E-state index in [-0.39, 0.29) is 5.75 Å². The predicted octanol–water partition coefficient (Wildman–Crippen LogP) is 0.619. The lowest BCUT2D eigenvalue weighted by molar-refractivity contribution is 0.262. The summed E-state index contributed by atoms with van der Waals surface area (Å²) in [6.07, 6.45) is 2.47. The molecule has 0 radical (unpaired) electrons. The summed E-state index contributed by atoms with van der Waals surface area (Å²) in [6.45, 7) is 2.91. The van der Waals surface area contributed by atoms with Gasteiger partial charge in [-0.2, -0.15) is 0 Å². The van der Waals surface area contributed by atoms with Gasteiger partial charge in [0.15, 0.2) is 9.84 Å². The van der Waals surface area contributed by atoms with Crippen LogP contribution in [0.2, 0.25) is 0 Å². The number of furan rings is 1. The molecule has 1 aromatic heterocycles. The highest BCUT2D eigenvalue weighted by molar-refractivity contribution is 7.91. The Labute approximate surface area is 108 Å². The second-order valence-corrected chi connectivity index (χ2v) is 7.04. The normalized spacial score (nSPS) is 20.7. The molecule has 1 N–H and O–H groups in total. The average molecular weight is 272 g/mol. The molecule has 2 heterocycles. The summed E-state index contributed by atoms with van der Waals surface area (Å²) < 4.78 is 28.5. The summed E-state index contributed by atoms with van der Waals surface area (Å²) in [6, 6.07) is 2.02. The van der Waals surface area contributed by atoms with Gasteiger partial charge >= 0.3 is 0 Å². The van der Waals surface area contributed by atoms with Gasteiger partial charge in [-0.05, 0) is 26.1 Å². The Morgan fingerprint density at radius 2 is 2.22 bits per heavy atom. The fourth-order valence-electron chi connectivity index (χ4n) is 2.17. The van der Waals surface area contributed by atoms with Crippen molar-refractivity contribution in [1.82, 2.24) is 10.2 Å². The molecule has 2 rings (SSSR count). The molecule has 6 heteroatoms. The maximum Gasteiger partial charge on any atom is 0.151 e. The van der Waals surface area contributed by atoms with Crippen molar-refractivity contribution < 1.29 is 12.8 Å². The maximum absolute atomic E-state index is 11.5. The summed E-state index contributed by atoms with van der Waals surface area (Å²) in [5.74, 6) is 1.48.